The predicted octanol–water partition coefficient (Wildman–Crippen LogP) is 4.27. The van der Waals surface area contributed by atoms with Gasteiger partial charge >= 0.3 is 0 Å². The van der Waals surface area contributed by atoms with E-state index in [2.05, 4.69) is 15.6 Å². The minimum Gasteiger partial charge on any atom is -0.493 e. The summed E-state index contributed by atoms with van der Waals surface area (Å²) in [6.45, 7) is 2.59. The summed E-state index contributed by atoms with van der Waals surface area (Å²) in [5.74, 6) is 1.71. The summed E-state index contributed by atoms with van der Waals surface area (Å²) in [5, 5.41) is 6.09. The van der Waals surface area contributed by atoms with Crippen LogP contribution in [-0.2, 0) is 6.54 Å². The van der Waals surface area contributed by atoms with Gasteiger partial charge in [0.15, 0.2) is 11.5 Å². The van der Waals surface area contributed by atoms with E-state index in [4.69, 9.17) is 9.47 Å². The number of aromatic nitrogens is 1. The van der Waals surface area contributed by atoms with Gasteiger partial charge in [0.1, 0.15) is 5.82 Å². The zero-order valence-corrected chi connectivity index (χ0v) is 16.2. The molecule has 1 amide bonds. The van der Waals surface area contributed by atoms with Gasteiger partial charge in [0, 0.05) is 12.1 Å². The third-order valence-corrected chi connectivity index (χ3v) is 4.26. The zero-order chi connectivity index (χ0) is 19.9. The number of rotatable bonds is 7. The van der Waals surface area contributed by atoms with Crippen LogP contribution in [0.3, 0.4) is 0 Å². The van der Waals surface area contributed by atoms with Crippen LogP contribution in [0, 0.1) is 6.92 Å². The number of carbonyl (C=O) groups excluding carboxylic acids is 1. The molecule has 28 heavy (non-hydrogen) atoms. The number of benzene rings is 2. The van der Waals surface area contributed by atoms with E-state index in [9.17, 15) is 4.79 Å². The minimum absolute atomic E-state index is 0.182. The molecule has 6 heteroatoms. The quantitative estimate of drug-likeness (QED) is 0.643. The van der Waals surface area contributed by atoms with Crippen LogP contribution in [0.2, 0.25) is 0 Å². The topological polar surface area (TPSA) is 72.5 Å². The molecule has 3 rings (SSSR count). The maximum atomic E-state index is 12.2. The number of hydrogen-bond acceptors (Lipinski definition) is 5. The number of aryl methyl sites for hydroxylation is 1. The Morgan fingerprint density at radius 3 is 2.36 bits per heavy atom. The lowest BCUT2D eigenvalue weighted by molar-refractivity contribution is 0.102. The molecule has 0 radical (unpaired) electrons. The molecule has 1 heterocycles. The highest BCUT2D eigenvalue weighted by Gasteiger charge is 2.07. The lowest BCUT2D eigenvalue weighted by Crippen LogP contribution is -2.12. The maximum absolute atomic E-state index is 12.2. The van der Waals surface area contributed by atoms with E-state index >= 15 is 0 Å². The Kier molecular flexibility index (Phi) is 6.11. The normalized spacial score (nSPS) is 10.2. The number of anilines is 2. The maximum Gasteiger partial charge on any atom is 0.256 e. The number of carbonyl (C=O) groups is 1. The molecule has 0 fully saturated rings. The summed E-state index contributed by atoms with van der Waals surface area (Å²) >= 11 is 0. The highest BCUT2D eigenvalue weighted by Crippen LogP contribution is 2.27. The Morgan fingerprint density at radius 2 is 1.71 bits per heavy atom. The van der Waals surface area contributed by atoms with Crippen molar-refractivity contribution in [2.24, 2.45) is 0 Å². The highest BCUT2D eigenvalue weighted by molar-refractivity contribution is 6.03. The van der Waals surface area contributed by atoms with Crippen molar-refractivity contribution in [3.63, 3.8) is 0 Å². The van der Waals surface area contributed by atoms with E-state index in [1.165, 1.54) is 0 Å². The molecule has 6 nitrogen and oxygen atoms in total. The second-order valence-electron chi connectivity index (χ2n) is 6.30. The first-order valence-electron chi connectivity index (χ1n) is 8.88. The van der Waals surface area contributed by atoms with Crippen LogP contribution in [0.15, 0.2) is 60.8 Å². The van der Waals surface area contributed by atoms with Gasteiger partial charge in [-0.25, -0.2) is 4.98 Å². The van der Waals surface area contributed by atoms with Gasteiger partial charge in [-0.2, -0.15) is 0 Å². The molecule has 0 spiro atoms. The van der Waals surface area contributed by atoms with Crippen LogP contribution in [0.4, 0.5) is 11.5 Å². The summed E-state index contributed by atoms with van der Waals surface area (Å²) in [6.07, 6.45) is 1.69. The van der Waals surface area contributed by atoms with Gasteiger partial charge in [0.2, 0.25) is 0 Å². The molecule has 0 aliphatic carbocycles. The molecule has 1 aromatic heterocycles. The zero-order valence-electron chi connectivity index (χ0n) is 16.2. The van der Waals surface area contributed by atoms with Crippen LogP contribution >= 0.6 is 0 Å². The second-order valence-corrected chi connectivity index (χ2v) is 6.30. The monoisotopic (exact) mass is 377 g/mol. The fourth-order valence-electron chi connectivity index (χ4n) is 2.66. The van der Waals surface area contributed by atoms with Crippen molar-refractivity contribution >= 4 is 17.4 Å². The van der Waals surface area contributed by atoms with Gasteiger partial charge in [-0.05, 0) is 48.9 Å². The van der Waals surface area contributed by atoms with Gasteiger partial charge in [0.05, 0.1) is 26.1 Å². The van der Waals surface area contributed by atoms with Crippen molar-refractivity contribution in [2.45, 2.75) is 13.5 Å². The van der Waals surface area contributed by atoms with Gasteiger partial charge in [-0.3, -0.25) is 4.79 Å². The lowest BCUT2D eigenvalue weighted by atomic mass is 10.1. The first-order chi connectivity index (χ1) is 13.6. The second kappa shape index (κ2) is 8.90. The Morgan fingerprint density at radius 1 is 0.964 bits per heavy atom. The number of nitrogens with zero attached hydrogens (tertiary/aromatic N) is 1. The molecular formula is C22H23N3O3. The summed E-state index contributed by atoms with van der Waals surface area (Å²) in [6, 6.07) is 16.8. The smallest absolute Gasteiger partial charge is 0.256 e. The molecule has 0 atom stereocenters. The van der Waals surface area contributed by atoms with Crippen LogP contribution in [0.5, 0.6) is 11.5 Å². The van der Waals surface area contributed by atoms with Gasteiger partial charge in [-0.15, -0.1) is 0 Å². The van der Waals surface area contributed by atoms with Gasteiger partial charge < -0.3 is 20.1 Å². The fourth-order valence-corrected chi connectivity index (χ4v) is 2.66. The largest absolute Gasteiger partial charge is 0.493 e. The Labute approximate surface area is 164 Å². The average Bonchev–Trinajstić information content (AvgIpc) is 2.73. The Balaban J connectivity index is 1.58. The van der Waals surface area contributed by atoms with Crippen molar-refractivity contribution in [1.82, 2.24) is 4.98 Å². The van der Waals surface area contributed by atoms with Gasteiger partial charge in [-0.1, -0.05) is 23.8 Å². The molecular weight excluding hydrogens is 354 g/mol. The highest BCUT2D eigenvalue weighted by atomic mass is 16.5. The van der Waals surface area contributed by atoms with Crippen LogP contribution in [0.25, 0.3) is 0 Å². The lowest BCUT2D eigenvalue weighted by Gasteiger charge is -2.11. The molecule has 0 saturated heterocycles. The van der Waals surface area contributed by atoms with E-state index in [-0.39, 0.29) is 5.91 Å². The number of amides is 1. The number of ether oxygens (including phenoxy) is 2. The van der Waals surface area contributed by atoms with Gasteiger partial charge in [0.25, 0.3) is 5.91 Å². The number of nitrogens with one attached hydrogen (secondary N) is 2. The van der Waals surface area contributed by atoms with Crippen molar-refractivity contribution in [3.05, 3.63) is 77.5 Å². The molecule has 144 valence electrons. The Hall–Kier alpha value is -3.54. The number of hydrogen-bond donors (Lipinski definition) is 2. The minimum atomic E-state index is -0.182. The molecule has 0 bridgehead atoms. The average molecular weight is 377 g/mol. The van der Waals surface area contributed by atoms with Crippen LogP contribution in [0.1, 0.15) is 21.5 Å². The first-order valence-corrected chi connectivity index (χ1v) is 8.88. The standard InChI is InChI=1S/C22H23N3O3/c1-15-4-7-17(8-5-15)22(26)25-21-11-9-18(14-24-21)23-13-16-6-10-19(27-2)20(12-16)28-3/h4-12,14,23H,13H2,1-3H3,(H,24,25,26). The van der Waals surface area contributed by atoms with E-state index in [1.54, 1.807) is 38.6 Å². The van der Waals surface area contributed by atoms with E-state index in [0.29, 0.717) is 29.4 Å². The van der Waals surface area contributed by atoms with Crippen molar-refractivity contribution in [2.75, 3.05) is 24.9 Å². The number of pyridine rings is 1. The first kappa shape index (κ1) is 19.2. The fraction of sp³-hybridized carbons (Fsp3) is 0.182. The molecule has 0 saturated carbocycles. The van der Waals surface area contributed by atoms with Crippen LogP contribution in [-0.4, -0.2) is 25.1 Å². The van der Waals surface area contributed by atoms with Crippen molar-refractivity contribution < 1.29 is 14.3 Å². The summed E-state index contributed by atoms with van der Waals surface area (Å²) in [7, 11) is 3.23. The molecule has 3 aromatic rings. The third kappa shape index (κ3) is 4.79. The van der Waals surface area contributed by atoms with Crippen molar-refractivity contribution in [3.8, 4) is 11.5 Å². The molecule has 0 unspecified atom stereocenters. The summed E-state index contributed by atoms with van der Waals surface area (Å²) in [4.78, 5) is 16.5. The predicted molar refractivity (Wildman–Crippen MR) is 110 cm³/mol. The SMILES string of the molecule is COc1ccc(CNc2ccc(NC(=O)c3ccc(C)cc3)nc2)cc1OC. The molecule has 2 aromatic carbocycles. The van der Waals surface area contributed by atoms with E-state index in [1.807, 2.05) is 43.3 Å². The molecule has 0 aliphatic heterocycles. The number of methoxy groups -OCH3 is 2. The summed E-state index contributed by atoms with van der Waals surface area (Å²) < 4.78 is 10.6. The van der Waals surface area contributed by atoms with E-state index in [0.717, 1.165) is 16.8 Å². The third-order valence-electron chi connectivity index (χ3n) is 4.26. The molecule has 0 aliphatic rings. The molecule has 2 N–H and O–H groups in total. The van der Waals surface area contributed by atoms with Crippen LogP contribution < -0.4 is 20.1 Å². The van der Waals surface area contributed by atoms with Crippen molar-refractivity contribution in [1.29, 1.82) is 0 Å². The Bertz CT molecular complexity index is 938. The summed E-state index contributed by atoms with van der Waals surface area (Å²) in [5.41, 5.74) is 3.61. The van der Waals surface area contributed by atoms with E-state index < -0.39 is 0 Å².